The van der Waals surface area contributed by atoms with Crippen molar-refractivity contribution in [1.82, 2.24) is 10.3 Å². The summed E-state index contributed by atoms with van der Waals surface area (Å²) in [6, 6.07) is 7.81. The zero-order valence-electron chi connectivity index (χ0n) is 9.83. The Labute approximate surface area is 106 Å². The molecule has 0 fully saturated rings. The second kappa shape index (κ2) is 5.84. The molecule has 0 saturated carbocycles. The minimum absolute atomic E-state index is 0.764. The molecule has 1 aromatic heterocycles. The molecule has 0 radical (unpaired) electrons. The van der Waals surface area contributed by atoms with Crippen LogP contribution < -0.4 is 10.6 Å². The van der Waals surface area contributed by atoms with Crippen LogP contribution >= 0.6 is 11.6 Å². The first kappa shape index (κ1) is 12.1. The Hall–Kier alpha value is -1.32. The number of nitrogens with zero attached hydrogens (tertiary/aromatic N) is 1. The second-order valence-corrected chi connectivity index (χ2v) is 4.18. The van der Waals surface area contributed by atoms with Crippen molar-refractivity contribution in [2.45, 2.75) is 6.92 Å². The highest BCUT2D eigenvalue weighted by molar-refractivity contribution is 6.35. The van der Waals surface area contributed by atoms with Crippen molar-refractivity contribution in [1.29, 1.82) is 0 Å². The lowest BCUT2D eigenvalue weighted by atomic mass is 10.1. The molecule has 3 nitrogen and oxygen atoms in total. The number of halogens is 1. The van der Waals surface area contributed by atoms with Crippen molar-refractivity contribution in [2.75, 3.05) is 25.0 Å². The fraction of sp³-hybridized carbons (Fsp3) is 0.308. The van der Waals surface area contributed by atoms with E-state index in [2.05, 4.69) is 22.5 Å². The third-order valence-corrected chi connectivity index (χ3v) is 2.93. The first-order valence-electron chi connectivity index (χ1n) is 5.80. The zero-order valence-corrected chi connectivity index (χ0v) is 10.6. The van der Waals surface area contributed by atoms with E-state index in [0.717, 1.165) is 41.2 Å². The maximum absolute atomic E-state index is 6.14. The van der Waals surface area contributed by atoms with Crippen LogP contribution in [-0.2, 0) is 0 Å². The molecule has 0 atom stereocenters. The predicted octanol–water partition coefficient (Wildman–Crippen LogP) is 2.91. The maximum atomic E-state index is 6.14. The lowest BCUT2D eigenvalue weighted by Gasteiger charge is -2.09. The molecule has 2 rings (SSSR count). The molecule has 0 spiro atoms. The summed E-state index contributed by atoms with van der Waals surface area (Å²) >= 11 is 6.14. The van der Waals surface area contributed by atoms with Gasteiger partial charge in [0.15, 0.2) is 0 Å². The number of hydrogen-bond acceptors (Lipinski definition) is 3. The van der Waals surface area contributed by atoms with Gasteiger partial charge in [0.25, 0.3) is 0 Å². The summed E-state index contributed by atoms with van der Waals surface area (Å²) in [6.07, 6.45) is 1.78. The fourth-order valence-corrected chi connectivity index (χ4v) is 1.99. The van der Waals surface area contributed by atoms with E-state index in [9.17, 15) is 0 Å². The van der Waals surface area contributed by atoms with Crippen LogP contribution in [0, 0.1) is 0 Å². The number of rotatable bonds is 5. The quantitative estimate of drug-likeness (QED) is 0.800. The van der Waals surface area contributed by atoms with Crippen molar-refractivity contribution < 1.29 is 0 Å². The van der Waals surface area contributed by atoms with Crippen LogP contribution in [-0.4, -0.2) is 24.6 Å². The Morgan fingerprint density at radius 1 is 1.18 bits per heavy atom. The molecule has 1 aromatic carbocycles. The molecule has 90 valence electrons. The summed E-state index contributed by atoms with van der Waals surface area (Å²) in [7, 11) is 0. The predicted molar refractivity (Wildman–Crippen MR) is 73.8 cm³/mol. The average Bonchev–Trinajstić information content (AvgIpc) is 2.36. The number of fused-ring (bicyclic) bond motifs is 1. The molecule has 17 heavy (non-hydrogen) atoms. The molecule has 0 saturated heterocycles. The Morgan fingerprint density at radius 3 is 2.88 bits per heavy atom. The summed E-state index contributed by atoms with van der Waals surface area (Å²) in [5.41, 5.74) is 0. The lowest BCUT2D eigenvalue weighted by molar-refractivity contribution is 0.738. The monoisotopic (exact) mass is 249 g/mol. The number of benzene rings is 1. The molecule has 0 aliphatic heterocycles. The van der Waals surface area contributed by atoms with Crippen LogP contribution in [0.15, 0.2) is 30.5 Å². The van der Waals surface area contributed by atoms with Gasteiger partial charge in [-0.2, -0.15) is 0 Å². The highest BCUT2D eigenvalue weighted by Gasteiger charge is 2.03. The Morgan fingerprint density at radius 2 is 2.06 bits per heavy atom. The van der Waals surface area contributed by atoms with Crippen LogP contribution in [0.4, 0.5) is 5.82 Å². The molecule has 0 aliphatic carbocycles. The largest absolute Gasteiger partial charge is 0.368 e. The van der Waals surface area contributed by atoms with E-state index in [0.29, 0.717) is 0 Å². The Bertz CT molecular complexity index is 499. The van der Waals surface area contributed by atoms with Crippen molar-refractivity contribution in [3.63, 3.8) is 0 Å². The van der Waals surface area contributed by atoms with Crippen LogP contribution in [0.3, 0.4) is 0 Å². The van der Waals surface area contributed by atoms with Gasteiger partial charge < -0.3 is 10.6 Å². The van der Waals surface area contributed by atoms with Crippen LogP contribution in [0.1, 0.15) is 6.92 Å². The number of anilines is 1. The lowest BCUT2D eigenvalue weighted by Crippen LogP contribution is -2.21. The zero-order chi connectivity index (χ0) is 12.1. The molecule has 0 bridgehead atoms. The smallest absolute Gasteiger partial charge is 0.133 e. The van der Waals surface area contributed by atoms with E-state index in [4.69, 9.17) is 11.6 Å². The third kappa shape index (κ3) is 2.87. The first-order chi connectivity index (χ1) is 8.33. The molecule has 2 N–H and O–H groups in total. The number of hydrogen-bond donors (Lipinski definition) is 2. The van der Waals surface area contributed by atoms with Gasteiger partial charge in [-0.1, -0.05) is 30.7 Å². The second-order valence-electron chi connectivity index (χ2n) is 3.77. The number of aromatic nitrogens is 1. The molecular weight excluding hydrogens is 234 g/mol. The summed E-state index contributed by atoms with van der Waals surface area (Å²) in [4.78, 5) is 4.35. The first-order valence-corrected chi connectivity index (χ1v) is 6.18. The van der Waals surface area contributed by atoms with Crippen molar-refractivity contribution >= 4 is 28.2 Å². The summed E-state index contributed by atoms with van der Waals surface area (Å²) in [5, 5.41) is 9.45. The van der Waals surface area contributed by atoms with Gasteiger partial charge in [-0.05, 0) is 18.7 Å². The Balaban J connectivity index is 2.19. The van der Waals surface area contributed by atoms with Gasteiger partial charge in [0, 0.05) is 35.1 Å². The molecule has 0 aliphatic rings. The molecule has 0 amide bonds. The topological polar surface area (TPSA) is 37.0 Å². The summed E-state index contributed by atoms with van der Waals surface area (Å²) in [6.45, 7) is 4.86. The van der Waals surface area contributed by atoms with Crippen LogP contribution in [0.5, 0.6) is 0 Å². The van der Waals surface area contributed by atoms with Gasteiger partial charge in [0.05, 0.1) is 0 Å². The maximum Gasteiger partial charge on any atom is 0.133 e. The number of nitrogens with one attached hydrogen (secondary N) is 2. The highest BCUT2D eigenvalue weighted by Crippen LogP contribution is 2.26. The van der Waals surface area contributed by atoms with E-state index in [1.807, 2.05) is 24.3 Å². The van der Waals surface area contributed by atoms with Gasteiger partial charge in [-0.15, -0.1) is 0 Å². The minimum atomic E-state index is 0.764. The number of likely N-dealkylation sites (N-methyl/N-ethyl adjacent to an activating group) is 1. The van der Waals surface area contributed by atoms with Crippen molar-refractivity contribution in [3.8, 4) is 0 Å². The SMILES string of the molecule is CCNCCNc1nccc2c(Cl)cccc12. The standard InChI is InChI=1S/C13H16ClN3/c1-2-15-8-9-17-13-11-4-3-5-12(14)10(11)6-7-16-13/h3-7,15H,2,8-9H2,1H3,(H,16,17). The van der Waals surface area contributed by atoms with Gasteiger partial charge in [0.1, 0.15) is 5.82 Å². The fourth-order valence-electron chi connectivity index (χ4n) is 1.76. The highest BCUT2D eigenvalue weighted by atomic mass is 35.5. The third-order valence-electron chi connectivity index (χ3n) is 2.60. The normalized spacial score (nSPS) is 10.7. The van der Waals surface area contributed by atoms with Crippen molar-refractivity contribution in [2.24, 2.45) is 0 Å². The molecule has 4 heteroatoms. The summed E-state index contributed by atoms with van der Waals surface area (Å²) in [5.74, 6) is 0.892. The van der Waals surface area contributed by atoms with E-state index >= 15 is 0 Å². The van der Waals surface area contributed by atoms with E-state index in [1.165, 1.54) is 0 Å². The van der Waals surface area contributed by atoms with Gasteiger partial charge in [0.2, 0.25) is 0 Å². The van der Waals surface area contributed by atoms with Gasteiger partial charge >= 0.3 is 0 Å². The average molecular weight is 250 g/mol. The number of pyridine rings is 1. The summed E-state index contributed by atoms with van der Waals surface area (Å²) < 4.78 is 0. The Kier molecular flexibility index (Phi) is 4.18. The van der Waals surface area contributed by atoms with Crippen LogP contribution in [0.2, 0.25) is 5.02 Å². The van der Waals surface area contributed by atoms with Crippen LogP contribution in [0.25, 0.3) is 10.8 Å². The molecular formula is C13H16ClN3. The van der Waals surface area contributed by atoms with E-state index in [1.54, 1.807) is 6.20 Å². The van der Waals surface area contributed by atoms with Gasteiger partial charge in [-0.25, -0.2) is 4.98 Å². The van der Waals surface area contributed by atoms with Gasteiger partial charge in [-0.3, -0.25) is 0 Å². The molecule has 1 heterocycles. The van der Waals surface area contributed by atoms with Crippen molar-refractivity contribution in [3.05, 3.63) is 35.5 Å². The molecule has 0 unspecified atom stereocenters. The molecule has 2 aromatic rings. The van der Waals surface area contributed by atoms with E-state index < -0.39 is 0 Å². The minimum Gasteiger partial charge on any atom is -0.368 e. The van der Waals surface area contributed by atoms with E-state index in [-0.39, 0.29) is 0 Å².